The van der Waals surface area contributed by atoms with Gasteiger partial charge in [-0.15, -0.1) is 0 Å². The van der Waals surface area contributed by atoms with Crippen molar-refractivity contribution in [3.8, 4) is 6.07 Å². The molecule has 1 aromatic rings. The number of carbonyl (C=O) groups is 3. The largest absolute Gasteiger partial charge is 0.453 e. The van der Waals surface area contributed by atoms with E-state index in [1.54, 1.807) is 36.4 Å². The maximum atomic E-state index is 12.1. The topological polar surface area (TPSA) is 122 Å². The molecule has 7 heteroatoms. The summed E-state index contributed by atoms with van der Waals surface area (Å²) in [7, 11) is 0. The van der Waals surface area contributed by atoms with Crippen LogP contribution in [0.15, 0.2) is 47.3 Å². The van der Waals surface area contributed by atoms with E-state index >= 15 is 0 Å². The summed E-state index contributed by atoms with van der Waals surface area (Å²) in [5.41, 5.74) is 5.73. The summed E-state index contributed by atoms with van der Waals surface area (Å²) in [6, 6.07) is 10.4. The second-order valence-corrected chi connectivity index (χ2v) is 4.82. The number of nitrogens with two attached hydrogens (primary N) is 1. The van der Waals surface area contributed by atoms with Crippen LogP contribution in [0.1, 0.15) is 19.4 Å². The predicted octanol–water partition coefficient (Wildman–Crippen LogP) is 1.03. The molecule has 0 aliphatic carbocycles. The Kier molecular flexibility index (Phi) is 6.92. The number of esters is 1. The molecule has 0 spiro atoms. The monoisotopic (exact) mass is 327 g/mol. The zero-order chi connectivity index (χ0) is 18.1. The van der Waals surface area contributed by atoms with Crippen LogP contribution in [0.25, 0.3) is 6.08 Å². The first-order valence-corrected chi connectivity index (χ1v) is 6.96. The van der Waals surface area contributed by atoms with Gasteiger partial charge in [-0.25, -0.2) is 4.79 Å². The average molecular weight is 327 g/mol. The van der Waals surface area contributed by atoms with Gasteiger partial charge in [0.05, 0.1) is 0 Å². The lowest BCUT2D eigenvalue weighted by molar-refractivity contribution is -0.143. The normalized spacial score (nSPS) is 11.8. The fourth-order valence-corrected chi connectivity index (χ4v) is 1.70. The molecule has 3 N–H and O–H groups in total. The van der Waals surface area contributed by atoms with Crippen LogP contribution >= 0.6 is 0 Å². The molecule has 0 aromatic heterocycles. The Morgan fingerprint density at radius 1 is 1.25 bits per heavy atom. The lowest BCUT2D eigenvalue weighted by atomic mass is 10.1. The van der Waals surface area contributed by atoms with Crippen LogP contribution in [0.4, 0.5) is 0 Å². The summed E-state index contributed by atoms with van der Waals surface area (Å²) in [5, 5.41) is 11.2. The first-order valence-electron chi connectivity index (χ1n) is 6.96. The first-order chi connectivity index (χ1) is 11.3. The molecular weight excluding hydrogens is 310 g/mol. The number of benzene rings is 1. The van der Waals surface area contributed by atoms with Crippen molar-refractivity contribution in [2.24, 2.45) is 5.73 Å². The van der Waals surface area contributed by atoms with Gasteiger partial charge in [0.2, 0.25) is 11.7 Å². The van der Waals surface area contributed by atoms with E-state index in [-0.39, 0.29) is 17.0 Å². The van der Waals surface area contributed by atoms with Crippen LogP contribution in [0.5, 0.6) is 0 Å². The van der Waals surface area contributed by atoms with Crippen molar-refractivity contribution in [2.75, 3.05) is 6.61 Å². The number of nitrogens with one attached hydrogen (secondary N) is 1. The van der Waals surface area contributed by atoms with Gasteiger partial charge >= 0.3 is 5.97 Å². The summed E-state index contributed by atoms with van der Waals surface area (Å²) >= 11 is 0. The van der Waals surface area contributed by atoms with Crippen molar-refractivity contribution >= 4 is 23.7 Å². The van der Waals surface area contributed by atoms with Crippen molar-refractivity contribution in [1.29, 1.82) is 5.26 Å². The number of hydrogen-bond acceptors (Lipinski definition) is 6. The van der Waals surface area contributed by atoms with E-state index in [1.165, 1.54) is 19.9 Å². The predicted molar refractivity (Wildman–Crippen MR) is 86.7 cm³/mol. The smallest absolute Gasteiger partial charge is 0.355 e. The molecule has 0 unspecified atom stereocenters. The number of hydrogen-bond donors (Lipinski definition) is 2. The maximum Gasteiger partial charge on any atom is 0.355 e. The Bertz CT molecular complexity index is 739. The van der Waals surface area contributed by atoms with Crippen LogP contribution in [0.2, 0.25) is 0 Å². The van der Waals surface area contributed by atoms with E-state index in [4.69, 9.17) is 15.7 Å². The Labute approximate surface area is 139 Å². The number of ketones is 1. The molecule has 24 heavy (non-hydrogen) atoms. The van der Waals surface area contributed by atoms with Gasteiger partial charge in [-0.05, 0) is 18.6 Å². The SMILES string of the molecule is CC(=O)N/C(=C\c1ccccc1)C(=O)OCC(=O)/C(C#N)=C(\C)N. The van der Waals surface area contributed by atoms with Gasteiger partial charge in [0.15, 0.2) is 6.61 Å². The van der Waals surface area contributed by atoms with E-state index < -0.39 is 24.3 Å². The zero-order valence-electron chi connectivity index (χ0n) is 13.3. The average Bonchev–Trinajstić information content (AvgIpc) is 2.52. The Hall–Kier alpha value is -3.40. The Morgan fingerprint density at radius 3 is 2.38 bits per heavy atom. The molecule has 1 rings (SSSR count). The number of ether oxygens (including phenoxy) is 1. The van der Waals surface area contributed by atoms with E-state index in [2.05, 4.69) is 5.32 Å². The molecule has 0 saturated heterocycles. The van der Waals surface area contributed by atoms with Crippen LogP contribution in [-0.4, -0.2) is 24.3 Å². The molecule has 1 amide bonds. The second-order valence-electron chi connectivity index (χ2n) is 4.82. The third-order valence-corrected chi connectivity index (χ3v) is 2.76. The van der Waals surface area contributed by atoms with Crippen molar-refractivity contribution < 1.29 is 19.1 Å². The summed E-state index contributed by atoms with van der Waals surface area (Å²) < 4.78 is 4.86. The second kappa shape index (κ2) is 8.90. The minimum absolute atomic E-state index is 0.0421. The number of amides is 1. The summed E-state index contributed by atoms with van der Waals surface area (Å²) in [6.45, 7) is 1.99. The molecule has 0 bridgehead atoms. The minimum Gasteiger partial charge on any atom is -0.453 e. The third-order valence-electron chi connectivity index (χ3n) is 2.76. The fraction of sp³-hybridized carbons (Fsp3) is 0.176. The van der Waals surface area contributed by atoms with Crippen molar-refractivity contribution in [3.63, 3.8) is 0 Å². The van der Waals surface area contributed by atoms with E-state index in [9.17, 15) is 14.4 Å². The summed E-state index contributed by atoms with van der Waals surface area (Å²) in [4.78, 5) is 35.1. The lowest BCUT2D eigenvalue weighted by Crippen LogP contribution is -2.28. The molecule has 0 aliphatic rings. The zero-order valence-corrected chi connectivity index (χ0v) is 13.3. The number of Topliss-reactive ketones (excluding diaryl/α,β-unsaturated/α-hetero) is 1. The van der Waals surface area contributed by atoms with Gasteiger partial charge in [-0.3, -0.25) is 9.59 Å². The molecular formula is C17H17N3O4. The van der Waals surface area contributed by atoms with Gasteiger partial charge < -0.3 is 15.8 Å². The maximum absolute atomic E-state index is 12.1. The standard InChI is InChI=1S/C17H17N3O4/c1-11(19)14(9-18)16(22)10-24-17(23)15(20-12(2)21)8-13-6-4-3-5-7-13/h3-8H,10,19H2,1-2H3,(H,20,21)/b14-11+,15-8-. The number of nitrogens with zero attached hydrogens (tertiary/aromatic N) is 1. The van der Waals surface area contributed by atoms with E-state index in [1.807, 2.05) is 0 Å². The molecule has 0 fully saturated rings. The molecule has 0 atom stereocenters. The van der Waals surface area contributed by atoms with Crippen LogP contribution in [-0.2, 0) is 19.1 Å². The lowest BCUT2D eigenvalue weighted by Gasteiger charge is -2.09. The first kappa shape index (κ1) is 18.6. The molecule has 7 nitrogen and oxygen atoms in total. The minimum atomic E-state index is -0.894. The van der Waals surface area contributed by atoms with Gasteiger partial charge in [0.25, 0.3) is 0 Å². The van der Waals surface area contributed by atoms with Crippen molar-refractivity contribution in [2.45, 2.75) is 13.8 Å². The van der Waals surface area contributed by atoms with Crippen LogP contribution in [0.3, 0.4) is 0 Å². The highest BCUT2D eigenvalue weighted by molar-refractivity contribution is 6.03. The fourth-order valence-electron chi connectivity index (χ4n) is 1.70. The number of allylic oxidation sites excluding steroid dienone is 1. The molecule has 124 valence electrons. The van der Waals surface area contributed by atoms with Crippen LogP contribution < -0.4 is 11.1 Å². The Balaban J connectivity index is 2.89. The highest BCUT2D eigenvalue weighted by atomic mass is 16.5. The molecule has 0 heterocycles. The highest BCUT2D eigenvalue weighted by Crippen LogP contribution is 2.07. The molecule has 0 radical (unpaired) electrons. The van der Waals surface area contributed by atoms with Crippen molar-refractivity contribution in [3.05, 3.63) is 52.9 Å². The molecule has 0 aliphatic heterocycles. The molecule has 1 aromatic carbocycles. The van der Waals surface area contributed by atoms with Crippen LogP contribution in [0, 0.1) is 11.3 Å². The third kappa shape index (κ3) is 5.77. The Morgan fingerprint density at radius 2 is 1.88 bits per heavy atom. The van der Waals surface area contributed by atoms with Crippen molar-refractivity contribution in [1.82, 2.24) is 5.32 Å². The van der Waals surface area contributed by atoms with Gasteiger partial charge in [0, 0.05) is 12.6 Å². The molecule has 0 saturated carbocycles. The number of carbonyl (C=O) groups excluding carboxylic acids is 3. The van der Waals surface area contributed by atoms with E-state index in [0.717, 1.165) is 0 Å². The highest BCUT2D eigenvalue weighted by Gasteiger charge is 2.17. The summed E-state index contributed by atoms with van der Waals surface area (Å²) in [6.07, 6.45) is 1.42. The van der Waals surface area contributed by atoms with Gasteiger partial charge in [0.1, 0.15) is 17.3 Å². The quantitative estimate of drug-likeness (QED) is 0.457. The number of rotatable bonds is 6. The summed E-state index contributed by atoms with van der Waals surface area (Å²) in [5.74, 6) is -2.07. The van der Waals surface area contributed by atoms with Gasteiger partial charge in [-0.2, -0.15) is 5.26 Å². The number of nitriles is 1. The van der Waals surface area contributed by atoms with Gasteiger partial charge in [-0.1, -0.05) is 30.3 Å². The van der Waals surface area contributed by atoms with E-state index in [0.29, 0.717) is 5.56 Å².